The van der Waals surface area contributed by atoms with Gasteiger partial charge < -0.3 is 10.6 Å². The standard InChI is InChI=1S/C24H19N3O2S/c1-17(28)18-11-13-20(14-12-18)27-24(29)19(15-25)16-26-22-9-5-6-10-23(22)30-21-7-3-2-4-8-21/h2-14,16,26H,1H3,(H,27,29)/b19-16-. The van der Waals surface area contributed by atoms with Crippen molar-refractivity contribution in [3.8, 4) is 6.07 Å². The molecule has 3 aromatic rings. The van der Waals surface area contributed by atoms with Crippen molar-refractivity contribution in [3.05, 3.63) is 96.2 Å². The Morgan fingerprint density at radius 2 is 1.60 bits per heavy atom. The zero-order chi connectivity index (χ0) is 21.3. The van der Waals surface area contributed by atoms with Gasteiger partial charge in [0.2, 0.25) is 0 Å². The molecular formula is C24H19N3O2S. The second kappa shape index (κ2) is 10.1. The highest BCUT2D eigenvalue weighted by Gasteiger charge is 2.11. The van der Waals surface area contributed by atoms with E-state index in [-0.39, 0.29) is 11.4 Å². The van der Waals surface area contributed by atoms with E-state index in [1.165, 1.54) is 13.1 Å². The summed E-state index contributed by atoms with van der Waals surface area (Å²) in [5.41, 5.74) is 1.78. The predicted octanol–water partition coefficient (Wildman–Crippen LogP) is 5.50. The van der Waals surface area contributed by atoms with Crippen molar-refractivity contribution in [1.29, 1.82) is 5.26 Å². The molecule has 3 rings (SSSR count). The normalized spacial score (nSPS) is 10.7. The number of nitrogens with zero attached hydrogens (tertiary/aromatic N) is 1. The lowest BCUT2D eigenvalue weighted by molar-refractivity contribution is -0.112. The first-order valence-corrected chi connectivity index (χ1v) is 9.99. The molecule has 0 aliphatic rings. The Hall–Kier alpha value is -3.82. The highest BCUT2D eigenvalue weighted by molar-refractivity contribution is 7.99. The van der Waals surface area contributed by atoms with Gasteiger partial charge in [-0.1, -0.05) is 42.1 Å². The maximum Gasteiger partial charge on any atom is 0.267 e. The quantitative estimate of drug-likeness (QED) is 0.304. The maximum atomic E-state index is 12.4. The number of Topliss-reactive ketones (excluding diaryl/α,β-unsaturated/α-hetero) is 1. The number of anilines is 2. The second-order valence-electron chi connectivity index (χ2n) is 6.31. The van der Waals surface area contributed by atoms with Crippen LogP contribution in [0, 0.1) is 11.3 Å². The van der Waals surface area contributed by atoms with Crippen LogP contribution in [0.3, 0.4) is 0 Å². The van der Waals surface area contributed by atoms with Gasteiger partial charge in [0.05, 0.1) is 5.69 Å². The summed E-state index contributed by atoms with van der Waals surface area (Å²) >= 11 is 1.59. The van der Waals surface area contributed by atoms with E-state index in [9.17, 15) is 14.9 Å². The van der Waals surface area contributed by atoms with E-state index in [2.05, 4.69) is 10.6 Å². The van der Waals surface area contributed by atoms with Gasteiger partial charge in [-0.25, -0.2) is 0 Å². The number of nitriles is 1. The van der Waals surface area contributed by atoms with Gasteiger partial charge in [0.15, 0.2) is 5.78 Å². The summed E-state index contributed by atoms with van der Waals surface area (Å²) in [5, 5.41) is 15.1. The monoisotopic (exact) mass is 413 g/mol. The minimum atomic E-state index is -0.534. The molecule has 0 spiro atoms. The van der Waals surface area contributed by atoms with Gasteiger partial charge >= 0.3 is 0 Å². The Kier molecular flexibility index (Phi) is 7.04. The minimum Gasteiger partial charge on any atom is -0.359 e. The number of ketones is 1. The van der Waals surface area contributed by atoms with Crippen molar-refractivity contribution in [2.24, 2.45) is 0 Å². The molecular weight excluding hydrogens is 394 g/mol. The number of benzene rings is 3. The van der Waals surface area contributed by atoms with Gasteiger partial charge in [0, 0.05) is 27.2 Å². The van der Waals surface area contributed by atoms with Crippen molar-refractivity contribution >= 4 is 34.8 Å². The third kappa shape index (κ3) is 5.60. The van der Waals surface area contributed by atoms with Crippen LogP contribution in [0.15, 0.2) is 100 Å². The van der Waals surface area contributed by atoms with Crippen molar-refractivity contribution in [2.75, 3.05) is 10.6 Å². The Morgan fingerprint density at radius 3 is 2.27 bits per heavy atom. The topological polar surface area (TPSA) is 82.0 Å². The van der Waals surface area contributed by atoms with Crippen LogP contribution in [0.5, 0.6) is 0 Å². The summed E-state index contributed by atoms with van der Waals surface area (Å²) < 4.78 is 0. The average Bonchev–Trinajstić information content (AvgIpc) is 2.76. The summed E-state index contributed by atoms with van der Waals surface area (Å²) in [6.07, 6.45) is 1.39. The fourth-order valence-electron chi connectivity index (χ4n) is 2.58. The first kappa shape index (κ1) is 20.9. The molecule has 148 valence electrons. The lowest BCUT2D eigenvalue weighted by atomic mass is 10.1. The lowest BCUT2D eigenvalue weighted by Gasteiger charge is -2.10. The predicted molar refractivity (Wildman–Crippen MR) is 119 cm³/mol. The van der Waals surface area contributed by atoms with E-state index in [1.807, 2.05) is 60.7 Å². The molecule has 0 bridgehead atoms. The van der Waals surface area contributed by atoms with Crippen molar-refractivity contribution < 1.29 is 9.59 Å². The third-order valence-corrected chi connectivity index (χ3v) is 5.23. The number of carbonyl (C=O) groups excluding carboxylic acids is 2. The van der Waals surface area contributed by atoms with Crippen LogP contribution < -0.4 is 10.6 Å². The first-order valence-electron chi connectivity index (χ1n) is 9.18. The van der Waals surface area contributed by atoms with Crippen LogP contribution in [0.25, 0.3) is 0 Å². The minimum absolute atomic E-state index is 0.0540. The van der Waals surface area contributed by atoms with Crippen molar-refractivity contribution in [3.63, 3.8) is 0 Å². The SMILES string of the molecule is CC(=O)c1ccc(NC(=O)/C(C#N)=C\Nc2ccccc2Sc2ccccc2)cc1. The third-order valence-electron chi connectivity index (χ3n) is 4.14. The summed E-state index contributed by atoms with van der Waals surface area (Å²) in [6, 6.07) is 26.0. The number of hydrogen-bond acceptors (Lipinski definition) is 5. The van der Waals surface area contributed by atoms with Gasteiger partial charge in [-0.15, -0.1) is 0 Å². The molecule has 5 nitrogen and oxygen atoms in total. The smallest absolute Gasteiger partial charge is 0.267 e. The maximum absolute atomic E-state index is 12.4. The zero-order valence-corrected chi connectivity index (χ0v) is 17.1. The van der Waals surface area contributed by atoms with Crippen LogP contribution >= 0.6 is 11.8 Å². The van der Waals surface area contributed by atoms with Crippen LogP contribution in [0.4, 0.5) is 11.4 Å². The number of nitrogens with one attached hydrogen (secondary N) is 2. The van der Waals surface area contributed by atoms with Crippen LogP contribution in [0.2, 0.25) is 0 Å². The van der Waals surface area contributed by atoms with Gasteiger partial charge in [0.1, 0.15) is 11.6 Å². The average molecular weight is 414 g/mol. The molecule has 1 amide bonds. The molecule has 0 aliphatic heterocycles. The number of rotatable bonds is 7. The largest absolute Gasteiger partial charge is 0.359 e. The molecule has 0 fully saturated rings. The van der Waals surface area contributed by atoms with E-state index in [0.29, 0.717) is 11.3 Å². The van der Waals surface area contributed by atoms with E-state index < -0.39 is 5.91 Å². The zero-order valence-electron chi connectivity index (χ0n) is 16.3. The summed E-state index contributed by atoms with van der Waals surface area (Å²) in [7, 11) is 0. The molecule has 0 aliphatic carbocycles. The molecule has 6 heteroatoms. The summed E-state index contributed by atoms with van der Waals surface area (Å²) in [6.45, 7) is 1.48. The molecule has 0 radical (unpaired) electrons. The number of para-hydroxylation sites is 1. The van der Waals surface area contributed by atoms with Crippen LogP contribution in [-0.2, 0) is 4.79 Å². The lowest BCUT2D eigenvalue weighted by Crippen LogP contribution is -2.14. The fraction of sp³-hybridized carbons (Fsp3) is 0.0417. The molecule has 0 aromatic heterocycles. The van der Waals surface area contributed by atoms with Crippen LogP contribution in [0.1, 0.15) is 17.3 Å². The molecule has 2 N–H and O–H groups in total. The highest BCUT2D eigenvalue weighted by atomic mass is 32.2. The van der Waals surface area contributed by atoms with E-state index in [0.717, 1.165) is 15.5 Å². The van der Waals surface area contributed by atoms with Crippen molar-refractivity contribution in [1.82, 2.24) is 0 Å². The summed E-state index contributed by atoms with van der Waals surface area (Å²) in [4.78, 5) is 25.8. The number of carbonyl (C=O) groups is 2. The molecule has 30 heavy (non-hydrogen) atoms. The van der Waals surface area contributed by atoms with Gasteiger partial charge in [-0.2, -0.15) is 5.26 Å². The molecule has 0 saturated carbocycles. The highest BCUT2D eigenvalue weighted by Crippen LogP contribution is 2.33. The Balaban J connectivity index is 1.71. The Bertz CT molecular complexity index is 1120. The molecule has 3 aromatic carbocycles. The van der Waals surface area contributed by atoms with E-state index in [1.54, 1.807) is 36.0 Å². The number of hydrogen-bond donors (Lipinski definition) is 2. The van der Waals surface area contributed by atoms with Gasteiger partial charge in [-0.3, -0.25) is 9.59 Å². The Morgan fingerprint density at radius 1 is 0.933 bits per heavy atom. The second-order valence-corrected chi connectivity index (χ2v) is 7.43. The fourth-order valence-corrected chi connectivity index (χ4v) is 3.51. The van der Waals surface area contributed by atoms with Gasteiger partial charge in [-0.05, 0) is 55.5 Å². The Labute approximate surface area is 179 Å². The first-order chi connectivity index (χ1) is 14.6. The van der Waals surface area contributed by atoms with Crippen LogP contribution in [-0.4, -0.2) is 11.7 Å². The molecule has 0 unspecified atom stereocenters. The summed E-state index contributed by atoms with van der Waals surface area (Å²) in [5.74, 6) is -0.588. The van der Waals surface area contributed by atoms with E-state index >= 15 is 0 Å². The number of amides is 1. The molecule has 0 heterocycles. The molecule has 0 atom stereocenters. The molecule has 0 saturated heterocycles. The van der Waals surface area contributed by atoms with Gasteiger partial charge in [0.25, 0.3) is 5.91 Å². The van der Waals surface area contributed by atoms with Crippen molar-refractivity contribution in [2.45, 2.75) is 16.7 Å². The van der Waals surface area contributed by atoms with E-state index in [4.69, 9.17) is 0 Å².